The highest BCUT2D eigenvalue weighted by Crippen LogP contribution is 2.33. The molecule has 192 valence electrons. The van der Waals surface area contributed by atoms with Gasteiger partial charge in [0.05, 0.1) is 11.9 Å². The van der Waals surface area contributed by atoms with Crippen molar-refractivity contribution in [2.24, 2.45) is 0 Å². The Bertz CT molecular complexity index is 1310. The minimum Gasteiger partial charge on any atom is -0.382 e. The number of anilines is 1. The number of nitrogen functional groups attached to an aromatic ring is 1. The van der Waals surface area contributed by atoms with E-state index >= 15 is 0 Å². The average Bonchev–Trinajstić information content (AvgIpc) is 3.43. The number of hydrogen-bond acceptors (Lipinski definition) is 8. The predicted molar refractivity (Wildman–Crippen MR) is 145 cm³/mol. The lowest BCUT2D eigenvalue weighted by atomic mass is 10.1. The summed E-state index contributed by atoms with van der Waals surface area (Å²) in [6.45, 7) is 3.70. The third-order valence-electron chi connectivity index (χ3n) is 6.30. The van der Waals surface area contributed by atoms with Gasteiger partial charge in [-0.15, -0.1) is 11.8 Å². The van der Waals surface area contributed by atoms with Crippen molar-refractivity contribution in [2.75, 3.05) is 25.6 Å². The van der Waals surface area contributed by atoms with Gasteiger partial charge in [0, 0.05) is 53.1 Å². The molecule has 0 saturated carbocycles. The Morgan fingerprint density at radius 3 is 2.49 bits per heavy atom. The van der Waals surface area contributed by atoms with Gasteiger partial charge < -0.3 is 20.3 Å². The fourth-order valence-electron chi connectivity index (χ4n) is 4.07. The van der Waals surface area contributed by atoms with Crippen LogP contribution in [-0.4, -0.2) is 46.3 Å². The monoisotopic (exact) mass is 519 g/mol. The van der Waals surface area contributed by atoms with Crippen molar-refractivity contribution in [3.63, 3.8) is 0 Å². The zero-order chi connectivity index (χ0) is 25.6. The Morgan fingerprint density at radius 1 is 1.05 bits per heavy atom. The smallest absolute Gasteiger partial charge is 0.189 e. The van der Waals surface area contributed by atoms with Crippen LogP contribution in [0.15, 0.2) is 70.2 Å². The summed E-state index contributed by atoms with van der Waals surface area (Å²) in [5, 5.41) is 7.95. The zero-order valence-corrected chi connectivity index (χ0v) is 21.5. The van der Waals surface area contributed by atoms with Crippen molar-refractivity contribution in [1.82, 2.24) is 20.4 Å². The van der Waals surface area contributed by atoms with Crippen LogP contribution in [0.5, 0.6) is 0 Å². The van der Waals surface area contributed by atoms with E-state index in [0.717, 1.165) is 42.7 Å². The largest absolute Gasteiger partial charge is 0.382 e. The maximum Gasteiger partial charge on any atom is 0.189 e. The second kappa shape index (κ2) is 11.9. The second-order valence-electron chi connectivity index (χ2n) is 9.15. The van der Waals surface area contributed by atoms with E-state index in [2.05, 4.69) is 39.7 Å². The quantitative estimate of drug-likeness (QED) is 0.288. The predicted octanol–water partition coefficient (Wildman–Crippen LogP) is 5.77. The first kappa shape index (κ1) is 25.4. The molecule has 0 spiro atoms. The molecule has 1 atom stereocenters. The van der Waals surface area contributed by atoms with Crippen LogP contribution in [0.1, 0.15) is 25.3 Å². The Morgan fingerprint density at radius 2 is 1.76 bits per heavy atom. The molecule has 1 fully saturated rings. The number of nitrogens with zero attached hydrogens (tertiary/aromatic N) is 3. The molecular formula is C28H30FN5O2S. The Kier molecular flexibility index (Phi) is 8.13. The molecule has 3 heterocycles. The van der Waals surface area contributed by atoms with Crippen LogP contribution >= 0.6 is 11.8 Å². The number of rotatable bonds is 9. The number of nitrogens with one attached hydrogen (secondary N) is 1. The molecule has 2 aromatic carbocycles. The maximum atomic E-state index is 12.7. The molecule has 0 bridgehead atoms. The van der Waals surface area contributed by atoms with Crippen LogP contribution in [0.25, 0.3) is 34.0 Å². The molecule has 5 rings (SSSR count). The fourth-order valence-corrected chi connectivity index (χ4v) is 5.18. The molecule has 0 amide bonds. The van der Waals surface area contributed by atoms with E-state index in [1.54, 1.807) is 6.20 Å². The van der Waals surface area contributed by atoms with E-state index in [1.807, 2.05) is 49.0 Å². The highest BCUT2D eigenvalue weighted by Gasteiger charge is 2.17. The third kappa shape index (κ3) is 6.36. The number of hydrogen-bond donors (Lipinski definition) is 2. The van der Waals surface area contributed by atoms with Gasteiger partial charge in [0.1, 0.15) is 12.4 Å². The first-order valence-electron chi connectivity index (χ1n) is 12.4. The normalized spacial score (nSPS) is 15.1. The molecule has 37 heavy (non-hydrogen) atoms. The maximum absolute atomic E-state index is 12.7. The lowest BCUT2D eigenvalue weighted by molar-refractivity contribution is 0.100. The molecule has 0 radical (unpaired) electrons. The van der Waals surface area contributed by atoms with Gasteiger partial charge >= 0.3 is 0 Å². The standard InChI is InChI=1S/C28H30FN5O2S/c1-18(15-29)31-16-19-2-4-20(5-3-19)24-14-26(36-34-24)27-28(30)32-17-25(33-27)21-6-8-22(9-7-21)37-23-10-12-35-13-11-23/h2-9,14,17-18,23,31H,10-13,15-16H2,1H3,(H2,30,32). The van der Waals surface area contributed by atoms with Crippen molar-refractivity contribution in [3.05, 3.63) is 66.4 Å². The molecule has 3 N–H and O–H groups in total. The van der Waals surface area contributed by atoms with Gasteiger partial charge in [-0.1, -0.05) is 41.6 Å². The number of thioether (sulfide) groups is 1. The van der Waals surface area contributed by atoms with Gasteiger partial charge in [-0.2, -0.15) is 0 Å². The summed E-state index contributed by atoms with van der Waals surface area (Å²) < 4.78 is 23.7. The number of benzene rings is 2. The lowest BCUT2D eigenvalue weighted by Gasteiger charge is -2.21. The fraction of sp³-hybridized carbons (Fsp3) is 0.321. The molecule has 9 heteroatoms. The van der Waals surface area contributed by atoms with Crippen LogP contribution in [0.4, 0.5) is 10.2 Å². The first-order chi connectivity index (χ1) is 18.1. The molecule has 1 aliphatic rings. The molecule has 0 aliphatic carbocycles. The van der Waals surface area contributed by atoms with E-state index in [9.17, 15) is 4.39 Å². The van der Waals surface area contributed by atoms with Crippen LogP contribution in [0, 0.1) is 0 Å². The lowest BCUT2D eigenvalue weighted by Crippen LogP contribution is -2.27. The van der Waals surface area contributed by atoms with Crippen LogP contribution in [0.3, 0.4) is 0 Å². The van der Waals surface area contributed by atoms with Gasteiger partial charge in [0.2, 0.25) is 0 Å². The van der Waals surface area contributed by atoms with E-state index in [-0.39, 0.29) is 11.9 Å². The van der Waals surface area contributed by atoms with Crippen molar-refractivity contribution in [2.45, 2.75) is 42.5 Å². The Balaban J connectivity index is 1.30. The van der Waals surface area contributed by atoms with E-state index in [4.69, 9.17) is 20.0 Å². The minimum atomic E-state index is -0.395. The van der Waals surface area contributed by atoms with E-state index < -0.39 is 6.67 Å². The third-order valence-corrected chi connectivity index (χ3v) is 7.65. The average molecular weight is 520 g/mol. The molecule has 2 aromatic heterocycles. The van der Waals surface area contributed by atoms with Crippen molar-refractivity contribution in [3.8, 4) is 34.0 Å². The van der Waals surface area contributed by atoms with E-state index in [1.165, 1.54) is 4.90 Å². The molecular weight excluding hydrogens is 489 g/mol. The number of nitrogens with two attached hydrogens (primary N) is 1. The van der Waals surface area contributed by atoms with Crippen molar-refractivity contribution >= 4 is 17.6 Å². The summed E-state index contributed by atoms with van der Waals surface area (Å²) in [6.07, 6.45) is 3.84. The van der Waals surface area contributed by atoms with Crippen LogP contribution in [-0.2, 0) is 11.3 Å². The number of aromatic nitrogens is 3. The summed E-state index contributed by atoms with van der Waals surface area (Å²) in [6, 6.07) is 17.9. The zero-order valence-electron chi connectivity index (χ0n) is 20.7. The topological polar surface area (TPSA) is 99.1 Å². The number of alkyl halides is 1. The van der Waals surface area contributed by atoms with Gasteiger partial charge in [-0.25, -0.2) is 14.4 Å². The summed E-state index contributed by atoms with van der Waals surface area (Å²) in [7, 11) is 0. The van der Waals surface area contributed by atoms with Crippen molar-refractivity contribution < 1.29 is 13.7 Å². The van der Waals surface area contributed by atoms with Crippen molar-refractivity contribution in [1.29, 1.82) is 0 Å². The summed E-state index contributed by atoms with van der Waals surface area (Å²) >= 11 is 1.90. The molecule has 1 unspecified atom stereocenters. The molecule has 1 saturated heterocycles. The first-order valence-corrected chi connectivity index (χ1v) is 13.3. The summed E-state index contributed by atoms with van der Waals surface area (Å²) in [5.74, 6) is 0.734. The van der Waals surface area contributed by atoms with Gasteiger partial charge in [-0.05, 0) is 37.5 Å². The number of halogens is 1. The van der Waals surface area contributed by atoms with Crippen LogP contribution in [0.2, 0.25) is 0 Å². The Hall–Kier alpha value is -3.27. The highest BCUT2D eigenvalue weighted by atomic mass is 32.2. The second-order valence-corrected chi connectivity index (χ2v) is 10.5. The molecule has 7 nitrogen and oxygen atoms in total. The molecule has 1 aliphatic heterocycles. The van der Waals surface area contributed by atoms with Gasteiger partial charge in [0.25, 0.3) is 0 Å². The molecule has 4 aromatic rings. The van der Waals surface area contributed by atoms with Crippen LogP contribution < -0.4 is 11.1 Å². The number of ether oxygens (including phenoxy) is 1. The SMILES string of the molecule is CC(CF)NCc1ccc(-c2cc(-c3nc(-c4ccc(SC5CCOCC5)cc4)cnc3N)on2)cc1. The summed E-state index contributed by atoms with van der Waals surface area (Å²) in [5.41, 5.74) is 10.9. The minimum absolute atomic E-state index is 0.172. The highest BCUT2D eigenvalue weighted by molar-refractivity contribution is 8.00. The Labute approximate surface area is 220 Å². The van der Waals surface area contributed by atoms with Gasteiger partial charge in [-0.3, -0.25) is 0 Å². The summed E-state index contributed by atoms with van der Waals surface area (Å²) in [4.78, 5) is 10.3. The van der Waals surface area contributed by atoms with E-state index in [0.29, 0.717) is 34.6 Å². The van der Waals surface area contributed by atoms with Gasteiger partial charge in [0.15, 0.2) is 17.3 Å².